The smallest absolute Gasteiger partial charge is 0.340 e. The Hall–Kier alpha value is -2.80. The SMILES string of the molecule is CNC(=O)c1cc(C(=O)OCc2ccccc2)cn(-c2c(Cl)cc(Cl)cc2Cl)c1=O. The van der Waals surface area contributed by atoms with Gasteiger partial charge in [-0.2, -0.15) is 0 Å². The molecule has 30 heavy (non-hydrogen) atoms. The summed E-state index contributed by atoms with van der Waals surface area (Å²) in [7, 11) is 1.37. The summed E-state index contributed by atoms with van der Waals surface area (Å²) in [5, 5.41) is 2.79. The number of halogens is 3. The third-order valence-corrected chi connectivity index (χ3v) is 4.95. The van der Waals surface area contributed by atoms with Crippen molar-refractivity contribution in [3.05, 3.63) is 96.8 Å². The molecule has 1 heterocycles. The van der Waals surface area contributed by atoms with Gasteiger partial charge in [0, 0.05) is 18.3 Å². The molecule has 6 nitrogen and oxygen atoms in total. The largest absolute Gasteiger partial charge is 0.457 e. The molecule has 3 aromatic rings. The Morgan fingerprint density at radius 1 is 1.03 bits per heavy atom. The molecule has 0 atom stereocenters. The van der Waals surface area contributed by atoms with Crippen LogP contribution in [-0.2, 0) is 11.3 Å². The first-order valence-corrected chi connectivity index (χ1v) is 9.80. The molecular weight excluding hydrogens is 451 g/mol. The minimum Gasteiger partial charge on any atom is -0.457 e. The normalized spacial score (nSPS) is 10.5. The van der Waals surface area contributed by atoms with Crippen molar-refractivity contribution < 1.29 is 14.3 Å². The van der Waals surface area contributed by atoms with Gasteiger partial charge in [-0.3, -0.25) is 14.2 Å². The van der Waals surface area contributed by atoms with Gasteiger partial charge in [0.1, 0.15) is 12.2 Å². The number of hydrogen-bond acceptors (Lipinski definition) is 4. The predicted octanol–water partition coefficient (Wildman–Crippen LogP) is 4.51. The summed E-state index contributed by atoms with van der Waals surface area (Å²) < 4.78 is 6.35. The quantitative estimate of drug-likeness (QED) is 0.562. The standard InChI is InChI=1S/C21H15Cl3N2O4/c1-25-19(27)15-7-13(21(29)30-11-12-5-3-2-4-6-12)10-26(20(15)28)18-16(23)8-14(22)9-17(18)24/h2-10H,11H2,1H3,(H,25,27). The summed E-state index contributed by atoms with van der Waals surface area (Å²) >= 11 is 18.4. The zero-order chi connectivity index (χ0) is 21.8. The maximum atomic E-state index is 12.9. The van der Waals surface area contributed by atoms with Crippen LogP contribution in [0.3, 0.4) is 0 Å². The Kier molecular flexibility index (Phi) is 6.82. The summed E-state index contributed by atoms with van der Waals surface area (Å²) in [5.41, 5.74) is -0.120. The van der Waals surface area contributed by atoms with Crippen molar-refractivity contribution in [1.29, 1.82) is 0 Å². The summed E-state index contributed by atoms with van der Waals surface area (Å²) in [6, 6.07) is 13.1. The minimum absolute atomic E-state index is 0.0220. The average Bonchev–Trinajstić information content (AvgIpc) is 2.72. The van der Waals surface area contributed by atoms with Crippen molar-refractivity contribution in [2.24, 2.45) is 0 Å². The highest BCUT2D eigenvalue weighted by molar-refractivity contribution is 6.40. The first-order chi connectivity index (χ1) is 14.3. The highest BCUT2D eigenvalue weighted by Crippen LogP contribution is 2.31. The van der Waals surface area contributed by atoms with Gasteiger partial charge in [0.25, 0.3) is 11.5 Å². The van der Waals surface area contributed by atoms with Crippen molar-refractivity contribution in [2.75, 3.05) is 7.05 Å². The lowest BCUT2D eigenvalue weighted by atomic mass is 10.1. The molecule has 0 bridgehead atoms. The highest BCUT2D eigenvalue weighted by Gasteiger charge is 2.21. The third kappa shape index (κ3) is 4.67. The Balaban J connectivity index is 2.09. The predicted molar refractivity (Wildman–Crippen MR) is 116 cm³/mol. The lowest BCUT2D eigenvalue weighted by molar-refractivity contribution is 0.0472. The van der Waals surface area contributed by atoms with Crippen molar-refractivity contribution >= 4 is 46.7 Å². The molecule has 0 saturated heterocycles. The molecule has 0 spiro atoms. The summed E-state index contributed by atoms with van der Waals surface area (Å²) in [6.45, 7) is 0.0244. The van der Waals surface area contributed by atoms with Crippen LogP contribution < -0.4 is 10.9 Å². The topological polar surface area (TPSA) is 77.4 Å². The van der Waals surface area contributed by atoms with Crippen LogP contribution in [0.15, 0.2) is 59.5 Å². The van der Waals surface area contributed by atoms with Gasteiger partial charge < -0.3 is 10.1 Å². The molecule has 0 radical (unpaired) electrons. The van der Waals surface area contributed by atoms with Gasteiger partial charge in [0.2, 0.25) is 0 Å². The molecule has 2 aromatic carbocycles. The van der Waals surface area contributed by atoms with E-state index in [9.17, 15) is 14.4 Å². The van der Waals surface area contributed by atoms with E-state index in [0.29, 0.717) is 0 Å². The number of nitrogens with one attached hydrogen (secondary N) is 1. The van der Waals surface area contributed by atoms with Crippen LogP contribution in [0.25, 0.3) is 5.69 Å². The fourth-order valence-electron chi connectivity index (χ4n) is 2.73. The molecule has 0 saturated carbocycles. The van der Waals surface area contributed by atoms with E-state index >= 15 is 0 Å². The summed E-state index contributed by atoms with van der Waals surface area (Å²) in [6.07, 6.45) is 1.23. The van der Waals surface area contributed by atoms with E-state index in [-0.39, 0.29) is 38.5 Å². The van der Waals surface area contributed by atoms with Gasteiger partial charge in [-0.05, 0) is 23.8 Å². The number of amides is 1. The lowest BCUT2D eigenvalue weighted by Crippen LogP contribution is -2.32. The van der Waals surface area contributed by atoms with Crippen LogP contribution in [0.5, 0.6) is 0 Å². The highest BCUT2D eigenvalue weighted by atomic mass is 35.5. The van der Waals surface area contributed by atoms with E-state index in [0.717, 1.165) is 10.1 Å². The van der Waals surface area contributed by atoms with E-state index < -0.39 is 17.4 Å². The maximum Gasteiger partial charge on any atom is 0.340 e. The Morgan fingerprint density at radius 3 is 2.27 bits per heavy atom. The van der Waals surface area contributed by atoms with E-state index in [1.54, 1.807) is 12.1 Å². The number of nitrogens with zero attached hydrogens (tertiary/aromatic N) is 1. The second-order valence-electron chi connectivity index (χ2n) is 6.18. The van der Waals surface area contributed by atoms with Crippen LogP contribution in [0, 0.1) is 0 Å². The van der Waals surface area contributed by atoms with E-state index in [1.807, 2.05) is 18.2 Å². The lowest BCUT2D eigenvalue weighted by Gasteiger charge is -2.14. The fraction of sp³-hybridized carbons (Fsp3) is 0.0952. The van der Waals surface area contributed by atoms with E-state index in [4.69, 9.17) is 39.5 Å². The van der Waals surface area contributed by atoms with Crippen LogP contribution in [-0.4, -0.2) is 23.5 Å². The number of benzene rings is 2. The van der Waals surface area contributed by atoms with Crippen molar-refractivity contribution in [3.63, 3.8) is 0 Å². The molecule has 1 amide bonds. The number of carbonyl (C=O) groups excluding carboxylic acids is 2. The zero-order valence-corrected chi connectivity index (χ0v) is 17.9. The van der Waals surface area contributed by atoms with Gasteiger partial charge in [0.05, 0.1) is 21.3 Å². The monoisotopic (exact) mass is 464 g/mol. The van der Waals surface area contributed by atoms with E-state index in [1.165, 1.54) is 31.4 Å². The molecule has 0 aliphatic carbocycles. The van der Waals surface area contributed by atoms with E-state index in [2.05, 4.69) is 5.32 Å². The summed E-state index contributed by atoms with van der Waals surface area (Å²) in [4.78, 5) is 37.8. The fourth-order valence-corrected chi connectivity index (χ4v) is 3.73. The van der Waals surface area contributed by atoms with Crippen molar-refractivity contribution in [3.8, 4) is 5.69 Å². The molecule has 0 aliphatic rings. The average molecular weight is 466 g/mol. The van der Waals surface area contributed by atoms with Crippen LogP contribution in [0.1, 0.15) is 26.3 Å². The maximum absolute atomic E-state index is 12.9. The second kappa shape index (κ2) is 9.34. The number of hydrogen-bond donors (Lipinski definition) is 1. The van der Waals surface area contributed by atoms with Crippen LogP contribution in [0.2, 0.25) is 15.1 Å². The molecule has 3 rings (SSSR count). The summed E-state index contributed by atoms with van der Waals surface area (Å²) in [5.74, 6) is -1.40. The van der Waals surface area contributed by atoms with Gasteiger partial charge in [0.15, 0.2) is 0 Å². The minimum atomic E-state index is -0.723. The van der Waals surface area contributed by atoms with Crippen molar-refractivity contribution in [2.45, 2.75) is 6.61 Å². The first kappa shape index (κ1) is 21.9. The van der Waals surface area contributed by atoms with Crippen LogP contribution in [0.4, 0.5) is 0 Å². The molecule has 0 unspecified atom stereocenters. The Morgan fingerprint density at radius 2 is 1.67 bits per heavy atom. The molecule has 0 fully saturated rings. The second-order valence-corrected chi connectivity index (χ2v) is 7.43. The number of carbonyl (C=O) groups is 2. The number of aromatic nitrogens is 1. The number of pyridine rings is 1. The van der Waals surface area contributed by atoms with Gasteiger partial charge in [-0.25, -0.2) is 4.79 Å². The van der Waals surface area contributed by atoms with Gasteiger partial charge in [-0.1, -0.05) is 65.1 Å². The molecule has 1 aromatic heterocycles. The van der Waals surface area contributed by atoms with Gasteiger partial charge in [-0.15, -0.1) is 0 Å². The molecule has 1 N–H and O–H groups in total. The number of ether oxygens (including phenoxy) is 1. The zero-order valence-electron chi connectivity index (χ0n) is 15.6. The third-order valence-electron chi connectivity index (χ3n) is 4.16. The number of esters is 1. The van der Waals surface area contributed by atoms with Crippen LogP contribution >= 0.6 is 34.8 Å². The Labute approximate surface area is 186 Å². The molecule has 9 heteroatoms. The van der Waals surface area contributed by atoms with Gasteiger partial charge >= 0.3 is 5.97 Å². The van der Waals surface area contributed by atoms with Crippen molar-refractivity contribution in [1.82, 2.24) is 9.88 Å². The molecule has 0 aliphatic heterocycles. The number of rotatable bonds is 5. The molecular formula is C21H15Cl3N2O4. The molecule has 154 valence electrons. The first-order valence-electron chi connectivity index (χ1n) is 8.66. The Bertz CT molecular complexity index is 1150.